The van der Waals surface area contributed by atoms with Crippen molar-refractivity contribution in [2.24, 2.45) is 0 Å². The summed E-state index contributed by atoms with van der Waals surface area (Å²) in [7, 11) is 1.49. The summed E-state index contributed by atoms with van der Waals surface area (Å²) in [6, 6.07) is 0. The summed E-state index contributed by atoms with van der Waals surface area (Å²) in [5, 5.41) is 0. The van der Waals surface area contributed by atoms with Crippen LogP contribution < -0.4 is 0 Å². The largest absolute Gasteiger partial charge is 0.380 e. The fourth-order valence-electron chi connectivity index (χ4n) is 0.592. The van der Waals surface area contributed by atoms with Gasteiger partial charge in [0.2, 0.25) is 0 Å². The Morgan fingerprint density at radius 3 is 1.82 bits per heavy atom. The first-order chi connectivity index (χ1) is 7.36. The van der Waals surface area contributed by atoms with Crippen molar-refractivity contribution in [1.82, 2.24) is 0 Å². The van der Waals surface area contributed by atoms with Crippen molar-refractivity contribution >= 4 is 21.0 Å². The van der Waals surface area contributed by atoms with Gasteiger partial charge in [0.25, 0.3) is 10.3 Å². The summed E-state index contributed by atoms with van der Waals surface area (Å²) >= 11 is 0. The smallest absolute Gasteiger partial charge is 0.271 e. The van der Waals surface area contributed by atoms with Crippen LogP contribution in [0.15, 0.2) is 0 Å². The average molecular weight is 315 g/mol. The minimum atomic E-state index is -6.38. The summed E-state index contributed by atoms with van der Waals surface area (Å²) in [4.78, 5) is 0. The van der Waals surface area contributed by atoms with Crippen LogP contribution in [-0.4, -0.2) is 35.0 Å². The molecule has 17 heavy (non-hydrogen) atoms. The molecule has 0 heterocycles. The Kier molecular flexibility index (Phi) is 5.18. The highest BCUT2D eigenvalue weighted by molar-refractivity contribution is 8.04. The van der Waals surface area contributed by atoms with Crippen molar-refractivity contribution in [2.45, 2.75) is 24.2 Å². The molecule has 12 heteroatoms. The van der Waals surface area contributed by atoms with Crippen LogP contribution in [0.4, 0.5) is 35.1 Å². The van der Waals surface area contributed by atoms with Gasteiger partial charge in [-0.3, -0.25) is 4.18 Å². The molecule has 0 aromatic heterocycles. The SMILES string of the molecule is O=S(Cl)OCC(F)(F)C(F)(F)C(F)(F)C(F)F. The van der Waals surface area contributed by atoms with Gasteiger partial charge in [-0.25, -0.2) is 13.0 Å². The third kappa shape index (κ3) is 3.41. The Morgan fingerprint density at radius 2 is 1.53 bits per heavy atom. The molecule has 104 valence electrons. The number of hydrogen-bond acceptors (Lipinski definition) is 2. The van der Waals surface area contributed by atoms with E-state index < -0.39 is 41.1 Å². The Hall–Kier alpha value is -0.160. The van der Waals surface area contributed by atoms with Crippen LogP contribution in [-0.2, 0) is 14.5 Å². The summed E-state index contributed by atoms with van der Waals surface area (Å²) < 4.78 is 111. The summed E-state index contributed by atoms with van der Waals surface area (Å²) in [6.07, 6.45) is -5.01. The maximum absolute atomic E-state index is 12.5. The first kappa shape index (κ1) is 16.8. The van der Waals surface area contributed by atoms with Crippen LogP contribution in [0.3, 0.4) is 0 Å². The Bertz CT molecular complexity index is 296. The second-order valence-corrected chi connectivity index (χ2v) is 4.04. The van der Waals surface area contributed by atoms with Gasteiger partial charge in [0.05, 0.1) is 0 Å². The van der Waals surface area contributed by atoms with E-state index in [1.165, 1.54) is 0 Å². The topological polar surface area (TPSA) is 26.3 Å². The normalized spacial score (nSPS) is 16.4. The van der Waals surface area contributed by atoms with E-state index >= 15 is 0 Å². The van der Waals surface area contributed by atoms with Gasteiger partial charge >= 0.3 is 24.2 Å². The monoisotopic (exact) mass is 314 g/mol. The number of halogens is 9. The van der Waals surface area contributed by atoms with Gasteiger partial charge in [-0.1, -0.05) is 0 Å². The van der Waals surface area contributed by atoms with E-state index in [4.69, 9.17) is 0 Å². The zero-order chi connectivity index (χ0) is 14.1. The molecule has 1 unspecified atom stereocenters. The molecule has 0 amide bonds. The molecule has 0 bridgehead atoms. The second-order valence-electron chi connectivity index (χ2n) is 2.66. The second kappa shape index (κ2) is 5.22. The zero-order valence-electron chi connectivity index (χ0n) is 7.41. The number of rotatable bonds is 6. The molecule has 1 atom stereocenters. The third-order valence-electron chi connectivity index (χ3n) is 1.48. The molecule has 0 aromatic carbocycles. The van der Waals surface area contributed by atoms with E-state index in [0.29, 0.717) is 0 Å². The van der Waals surface area contributed by atoms with Crippen molar-refractivity contribution in [3.8, 4) is 0 Å². The van der Waals surface area contributed by atoms with E-state index in [1.54, 1.807) is 0 Å². The lowest BCUT2D eigenvalue weighted by molar-refractivity contribution is -0.342. The third-order valence-corrected chi connectivity index (χ3v) is 2.06. The van der Waals surface area contributed by atoms with Crippen LogP contribution in [0.2, 0.25) is 0 Å². The quantitative estimate of drug-likeness (QED) is 0.556. The predicted octanol–water partition coefficient (Wildman–Crippen LogP) is 2.99. The molecule has 0 N–H and O–H groups in total. The van der Waals surface area contributed by atoms with E-state index in [1.807, 2.05) is 0 Å². The lowest BCUT2D eigenvalue weighted by Crippen LogP contribution is -2.59. The van der Waals surface area contributed by atoms with Gasteiger partial charge in [-0.05, 0) is 0 Å². The van der Waals surface area contributed by atoms with Crippen LogP contribution in [0.25, 0.3) is 0 Å². The fraction of sp³-hybridized carbons (Fsp3) is 1.00. The minimum Gasteiger partial charge on any atom is -0.271 e. The summed E-state index contributed by atoms with van der Waals surface area (Å²) in [6.45, 7) is -2.50. The standard InChI is InChI=1S/C5H3ClF8O2S/c6-17(15)16-1-3(9,10)5(13,14)4(11,12)2(7)8/h2H,1H2. The predicted molar refractivity (Wildman–Crippen MR) is 40.8 cm³/mol. The molecule has 0 aliphatic carbocycles. The Morgan fingerprint density at radius 1 is 1.12 bits per heavy atom. The lowest BCUT2D eigenvalue weighted by Gasteiger charge is -2.31. The van der Waals surface area contributed by atoms with E-state index in [2.05, 4.69) is 14.9 Å². The molecule has 0 spiro atoms. The molecule has 0 aromatic rings. The van der Waals surface area contributed by atoms with Crippen LogP contribution in [0, 0.1) is 0 Å². The van der Waals surface area contributed by atoms with E-state index in [-0.39, 0.29) is 0 Å². The van der Waals surface area contributed by atoms with Gasteiger partial charge in [0.1, 0.15) is 6.61 Å². The Balaban J connectivity index is 5.08. The average Bonchev–Trinajstić information content (AvgIpc) is 2.14. The van der Waals surface area contributed by atoms with Gasteiger partial charge in [0, 0.05) is 10.7 Å². The van der Waals surface area contributed by atoms with Crippen LogP contribution in [0.5, 0.6) is 0 Å². The molecular weight excluding hydrogens is 312 g/mol. The Labute approximate surface area is 96.0 Å². The molecule has 0 aliphatic rings. The molecule has 0 aliphatic heterocycles. The number of alkyl halides is 8. The minimum absolute atomic E-state index is 2.50. The highest BCUT2D eigenvalue weighted by atomic mass is 35.7. The maximum atomic E-state index is 12.5. The van der Waals surface area contributed by atoms with Gasteiger partial charge in [-0.2, -0.15) is 26.3 Å². The summed E-state index contributed by atoms with van der Waals surface area (Å²) in [5.74, 6) is -18.3. The molecule has 0 saturated carbocycles. The van der Waals surface area contributed by atoms with Gasteiger partial charge < -0.3 is 0 Å². The van der Waals surface area contributed by atoms with Gasteiger partial charge in [-0.15, -0.1) is 0 Å². The van der Waals surface area contributed by atoms with Crippen molar-refractivity contribution in [3.63, 3.8) is 0 Å². The molecule has 0 radical (unpaired) electrons. The fourth-order valence-corrected chi connectivity index (χ4v) is 0.966. The molecular formula is C5H3ClF8O2S. The lowest BCUT2D eigenvalue weighted by atomic mass is 10.1. The van der Waals surface area contributed by atoms with Crippen molar-refractivity contribution in [2.75, 3.05) is 6.61 Å². The van der Waals surface area contributed by atoms with Gasteiger partial charge in [0.15, 0.2) is 0 Å². The van der Waals surface area contributed by atoms with Crippen LogP contribution >= 0.6 is 10.7 Å². The highest BCUT2D eigenvalue weighted by Crippen LogP contribution is 2.48. The molecule has 2 nitrogen and oxygen atoms in total. The van der Waals surface area contributed by atoms with Crippen LogP contribution in [0.1, 0.15) is 0 Å². The van der Waals surface area contributed by atoms with E-state index in [0.717, 1.165) is 0 Å². The molecule has 0 fully saturated rings. The highest BCUT2D eigenvalue weighted by Gasteiger charge is 2.75. The summed E-state index contributed by atoms with van der Waals surface area (Å²) in [5.41, 5.74) is 0. The maximum Gasteiger partial charge on any atom is 0.380 e. The zero-order valence-corrected chi connectivity index (χ0v) is 8.98. The van der Waals surface area contributed by atoms with Crippen molar-refractivity contribution in [1.29, 1.82) is 0 Å². The van der Waals surface area contributed by atoms with E-state index in [9.17, 15) is 39.3 Å². The first-order valence-corrected chi connectivity index (χ1v) is 5.39. The molecule has 0 rings (SSSR count). The molecule has 0 saturated heterocycles. The van der Waals surface area contributed by atoms with Crippen molar-refractivity contribution in [3.05, 3.63) is 0 Å². The first-order valence-electron chi connectivity index (χ1n) is 3.49. The number of hydrogen-bond donors (Lipinski definition) is 0. The van der Waals surface area contributed by atoms with Crippen molar-refractivity contribution < 1.29 is 43.5 Å².